The fourth-order valence-electron chi connectivity index (χ4n) is 1.67. The zero-order valence-electron chi connectivity index (χ0n) is 8.85. The highest BCUT2D eigenvalue weighted by molar-refractivity contribution is 4.97. The third-order valence-electron chi connectivity index (χ3n) is 2.69. The van der Waals surface area contributed by atoms with Crippen molar-refractivity contribution in [2.24, 2.45) is 0 Å². The molecule has 1 heteroatoms. The summed E-state index contributed by atoms with van der Waals surface area (Å²) in [7, 11) is 0. The summed E-state index contributed by atoms with van der Waals surface area (Å²) >= 11 is 0. The molecule has 0 aliphatic carbocycles. The van der Waals surface area contributed by atoms with Crippen molar-refractivity contribution >= 4 is 0 Å². The van der Waals surface area contributed by atoms with Crippen molar-refractivity contribution < 1.29 is 4.74 Å². The van der Waals surface area contributed by atoms with Gasteiger partial charge in [0.1, 0.15) is 0 Å². The highest BCUT2D eigenvalue weighted by atomic mass is 16.5. The maximum Gasteiger partial charge on any atom is 0.0634 e. The summed E-state index contributed by atoms with van der Waals surface area (Å²) in [6.07, 6.45) is 9.44. The average molecular weight is 182 g/mol. The quantitative estimate of drug-likeness (QED) is 0.431. The predicted octanol–water partition coefficient (Wildman–Crippen LogP) is 3.69. The maximum atomic E-state index is 5.37. The molecule has 1 atom stereocenters. The second kappa shape index (κ2) is 6.20. The first-order valence-corrected chi connectivity index (χ1v) is 5.61. The highest BCUT2D eigenvalue weighted by Gasteiger charge is 2.18. The standard InChI is InChI=1S/C12H22O/c1-3-4-5-6-7-11(2)10-12-8-9-13-12/h12H,2-10H2,1H3. The van der Waals surface area contributed by atoms with E-state index in [9.17, 15) is 0 Å². The monoisotopic (exact) mass is 182 g/mol. The van der Waals surface area contributed by atoms with Crippen molar-refractivity contribution in [3.63, 3.8) is 0 Å². The second-order valence-corrected chi connectivity index (χ2v) is 4.05. The molecule has 1 heterocycles. The average Bonchev–Trinajstić information content (AvgIpc) is 2.06. The Morgan fingerprint density at radius 1 is 1.38 bits per heavy atom. The molecule has 0 aromatic rings. The first-order valence-electron chi connectivity index (χ1n) is 5.61. The first kappa shape index (κ1) is 10.8. The van der Waals surface area contributed by atoms with Crippen LogP contribution in [0.1, 0.15) is 51.9 Å². The Kier molecular flexibility index (Phi) is 5.14. The second-order valence-electron chi connectivity index (χ2n) is 4.05. The molecule has 0 amide bonds. The fourth-order valence-corrected chi connectivity index (χ4v) is 1.67. The van der Waals surface area contributed by atoms with Gasteiger partial charge in [0.25, 0.3) is 0 Å². The van der Waals surface area contributed by atoms with Crippen LogP contribution in [0.25, 0.3) is 0 Å². The minimum Gasteiger partial charge on any atom is -0.378 e. The van der Waals surface area contributed by atoms with Gasteiger partial charge in [-0.3, -0.25) is 0 Å². The van der Waals surface area contributed by atoms with Gasteiger partial charge in [0.2, 0.25) is 0 Å². The van der Waals surface area contributed by atoms with Crippen LogP contribution in [0, 0.1) is 0 Å². The number of hydrogen-bond acceptors (Lipinski definition) is 1. The zero-order valence-corrected chi connectivity index (χ0v) is 8.85. The van der Waals surface area contributed by atoms with E-state index in [0.717, 1.165) is 13.0 Å². The smallest absolute Gasteiger partial charge is 0.0634 e. The Hall–Kier alpha value is -0.300. The molecule has 0 aromatic heterocycles. The molecular weight excluding hydrogens is 160 g/mol. The summed E-state index contributed by atoms with van der Waals surface area (Å²) in [5.41, 5.74) is 1.39. The summed E-state index contributed by atoms with van der Waals surface area (Å²) in [6.45, 7) is 7.31. The van der Waals surface area contributed by atoms with Gasteiger partial charge in [-0.05, 0) is 25.7 Å². The van der Waals surface area contributed by atoms with E-state index in [4.69, 9.17) is 4.74 Å². The van der Waals surface area contributed by atoms with Crippen LogP contribution >= 0.6 is 0 Å². The molecule has 0 spiro atoms. The van der Waals surface area contributed by atoms with Gasteiger partial charge in [-0.25, -0.2) is 0 Å². The maximum absolute atomic E-state index is 5.37. The zero-order chi connectivity index (χ0) is 9.52. The van der Waals surface area contributed by atoms with E-state index in [2.05, 4.69) is 13.5 Å². The Labute approximate surface area is 82.2 Å². The van der Waals surface area contributed by atoms with Crippen molar-refractivity contribution in [3.05, 3.63) is 12.2 Å². The van der Waals surface area contributed by atoms with Crippen LogP contribution in [-0.2, 0) is 4.74 Å². The molecule has 1 saturated heterocycles. The lowest BCUT2D eigenvalue weighted by Crippen LogP contribution is -2.26. The molecule has 0 saturated carbocycles. The normalized spacial score (nSPS) is 21.2. The molecule has 1 aliphatic heterocycles. The Morgan fingerprint density at radius 2 is 2.15 bits per heavy atom. The summed E-state index contributed by atoms with van der Waals surface area (Å²) in [6, 6.07) is 0. The molecule has 0 aromatic carbocycles. The molecule has 1 fully saturated rings. The van der Waals surface area contributed by atoms with Crippen LogP contribution in [0.4, 0.5) is 0 Å². The summed E-state index contributed by atoms with van der Waals surface area (Å²) in [5, 5.41) is 0. The Bertz CT molecular complexity index is 147. The van der Waals surface area contributed by atoms with Crippen molar-refractivity contribution in [3.8, 4) is 0 Å². The number of unbranched alkanes of at least 4 members (excludes halogenated alkanes) is 3. The van der Waals surface area contributed by atoms with Crippen molar-refractivity contribution in [1.82, 2.24) is 0 Å². The minimum absolute atomic E-state index is 0.513. The van der Waals surface area contributed by atoms with Crippen molar-refractivity contribution in [2.75, 3.05) is 6.61 Å². The van der Waals surface area contributed by atoms with E-state index >= 15 is 0 Å². The van der Waals surface area contributed by atoms with Crippen molar-refractivity contribution in [2.45, 2.75) is 58.0 Å². The van der Waals surface area contributed by atoms with Crippen molar-refractivity contribution in [1.29, 1.82) is 0 Å². The van der Waals surface area contributed by atoms with E-state index in [1.54, 1.807) is 0 Å². The van der Waals surface area contributed by atoms with Gasteiger partial charge in [0.05, 0.1) is 6.10 Å². The molecule has 1 nitrogen and oxygen atoms in total. The van der Waals surface area contributed by atoms with Gasteiger partial charge in [0, 0.05) is 6.61 Å². The van der Waals surface area contributed by atoms with Gasteiger partial charge < -0.3 is 4.74 Å². The van der Waals surface area contributed by atoms with Crippen LogP contribution in [0.3, 0.4) is 0 Å². The van der Waals surface area contributed by atoms with Crippen LogP contribution in [0.2, 0.25) is 0 Å². The van der Waals surface area contributed by atoms with Gasteiger partial charge in [-0.15, -0.1) is 0 Å². The van der Waals surface area contributed by atoms with Crippen LogP contribution in [-0.4, -0.2) is 12.7 Å². The number of hydrogen-bond donors (Lipinski definition) is 0. The molecule has 13 heavy (non-hydrogen) atoms. The summed E-state index contributed by atoms with van der Waals surface area (Å²) in [5.74, 6) is 0. The number of ether oxygens (including phenoxy) is 1. The summed E-state index contributed by atoms with van der Waals surface area (Å²) in [4.78, 5) is 0. The van der Waals surface area contributed by atoms with E-state index in [1.807, 2.05) is 0 Å². The lowest BCUT2D eigenvalue weighted by Gasteiger charge is -2.27. The third-order valence-corrected chi connectivity index (χ3v) is 2.69. The lowest BCUT2D eigenvalue weighted by atomic mass is 9.99. The molecule has 0 radical (unpaired) electrons. The highest BCUT2D eigenvalue weighted by Crippen LogP contribution is 2.21. The minimum atomic E-state index is 0.513. The molecule has 0 bridgehead atoms. The molecule has 1 aliphatic rings. The first-order chi connectivity index (χ1) is 6.33. The molecule has 1 rings (SSSR count). The largest absolute Gasteiger partial charge is 0.378 e. The SMILES string of the molecule is C=C(CCCCCC)CC1CCO1. The van der Waals surface area contributed by atoms with E-state index in [1.165, 1.54) is 44.1 Å². The molecular formula is C12H22O. The van der Waals surface area contributed by atoms with Crippen LogP contribution in [0.5, 0.6) is 0 Å². The van der Waals surface area contributed by atoms with Gasteiger partial charge in [-0.1, -0.05) is 38.3 Å². The van der Waals surface area contributed by atoms with E-state index in [0.29, 0.717) is 6.10 Å². The van der Waals surface area contributed by atoms with E-state index < -0.39 is 0 Å². The molecule has 1 unspecified atom stereocenters. The molecule has 0 N–H and O–H groups in total. The van der Waals surface area contributed by atoms with Gasteiger partial charge >= 0.3 is 0 Å². The number of rotatable bonds is 7. The predicted molar refractivity (Wildman–Crippen MR) is 56.9 cm³/mol. The molecule has 76 valence electrons. The van der Waals surface area contributed by atoms with E-state index in [-0.39, 0.29) is 0 Å². The van der Waals surface area contributed by atoms with Gasteiger partial charge in [-0.2, -0.15) is 0 Å². The Balaban J connectivity index is 1.91. The summed E-state index contributed by atoms with van der Waals surface area (Å²) < 4.78 is 5.37. The van der Waals surface area contributed by atoms with Crippen LogP contribution in [0.15, 0.2) is 12.2 Å². The lowest BCUT2D eigenvalue weighted by molar-refractivity contribution is -0.0494. The van der Waals surface area contributed by atoms with Crippen LogP contribution < -0.4 is 0 Å². The topological polar surface area (TPSA) is 9.23 Å². The Morgan fingerprint density at radius 3 is 2.69 bits per heavy atom. The van der Waals surface area contributed by atoms with Gasteiger partial charge in [0.15, 0.2) is 0 Å². The fraction of sp³-hybridized carbons (Fsp3) is 0.833. The third kappa shape index (κ3) is 4.47.